The number of alkyl halides is 3. The molecular formula is C24H33F3N2O7S. The molecule has 208 valence electrons. The summed E-state index contributed by atoms with van der Waals surface area (Å²) in [6.07, 6.45) is -5.63. The molecular weight excluding hydrogens is 517 g/mol. The summed E-state index contributed by atoms with van der Waals surface area (Å²) in [7, 11) is -0.261. The number of methoxy groups -OCH3 is 1. The third-order valence-corrected chi connectivity index (χ3v) is 9.70. The van der Waals surface area contributed by atoms with Crippen LogP contribution < -0.4 is 4.74 Å². The minimum absolute atomic E-state index is 0.0796. The van der Waals surface area contributed by atoms with Gasteiger partial charge in [0.2, 0.25) is 16.1 Å². The highest BCUT2D eigenvalue weighted by Crippen LogP contribution is 2.40. The SMILES string of the molecule is COc1ccc(COC[C@@H](OC(=O)N2CCC3(CC2)C[C@H](N(C)S(=O)(=O)C2CC2)CO3)C(F)(F)F)cc1. The summed E-state index contributed by atoms with van der Waals surface area (Å²) in [5.74, 6) is 0.614. The van der Waals surface area contributed by atoms with E-state index in [4.69, 9.17) is 18.9 Å². The molecule has 0 bridgehead atoms. The molecule has 2 aliphatic heterocycles. The highest BCUT2D eigenvalue weighted by Gasteiger charge is 2.50. The van der Waals surface area contributed by atoms with Gasteiger partial charge in [0.05, 0.1) is 43.8 Å². The quantitative estimate of drug-likeness (QED) is 0.466. The lowest BCUT2D eigenvalue weighted by Gasteiger charge is -2.38. The first-order chi connectivity index (χ1) is 17.4. The lowest BCUT2D eigenvalue weighted by Crippen LogP contribution is -2.49. The first kappa shape index (κ1) is 27.9. The number of hydrogen-bond acceptors (Lipinski definition) is 7. The zero-order chi connectivity index (χ0) is 26.8. The predicted molar refractivity (Wildman–Crippen MR) is 127 cm³/mol. The number of benzene rings is 1. The Hall–Kier alpha value is -2.09. The molecule has 2 saturated heterocycles. The number of nitrogens with zero attached hydrogens (tertiary/aromatic N) is 2. The average molecular weight is 551 g/mol. The molecule has 1 amide bonds. The third-order valence-electron chi connectivity index (χ3n) is 7.29. The lowest BCUT2D eigenvalue weighted by molar-refractivity contribution is -0.220. The molecule has 3 aliphatic rings. The number of hydrogen-bond donors (Lipinski definition) is 0. The summed E-state index contributed by atoms with van der Waals surface area (Å²) in [6, 6.07) is 6.39. The van der Waals surface area contributed by atoms with Crippen LogP contribution in [-0.2, 0) is 30.8 Å². The van der Waals surface area contributed by atoms with E-state index >= 15 is 0 Å². The van der Waals surface area contributed by atoms with Gasteiger partial charge in [-0.25, -0.2) is 13.2 Å². The molecule has 0 N–H and O–H groups in total. The molecule has 3 fully saturated rings. The molecule has 13 heteroatoms. The van der Waals surface area contributed by atoms with Gasteiger partial charge in [0.15, 0.2) is 0 Å². The van der Waals surface area contributed by atoms with Crippen molar-refractivity contribution in [2.45, 2.75) is 67.9 Å². The number of carbonyl (C=O) groups is 1. The van der Waals surface area contributed by atoms with E-state index in [0.29, 0.717) is 43.4 Å². The number of sulfonamides is 1. The second-order valence-electron chi connectivity index (χ2n) is 9.88. The van der Waals surface area contributed by atoms with Gasteiger partial charge in [-0.2, -0.15) is 17.5 Å². The van der Waals surface area contributed by atoms with Crippen LogP contribution in [0.2, 0.25) is 0 Å². The summed E-state index contributed by atoms with van der Waals surface area (Å²) >= 11 is 0. The van der Waals surface area contributed by atoms with E-state index in [2.05, 4.69) is 0 Å². The van der Waals surface area contributed by atoms with Gasteiger partial charge in [0, 0.05) is 20.1 Å². The fourth-order valence-electron chi connectivity index (χ4n) is 4.70. The van der Waals surface area contributed by atoms with E-state index in [-0.39, 0.29) is 37.6 Å². The first-order valence-corrected chi connectivity index (χ1v) is 13.8. The van der Waals surface area contributed by atoms with Gasteiger partial charge in [-0.1, -0.05) is 12.1 Å². The number of halogens is 3. The standard InChI is InChI=1S/C24H33F3N2O7S/c1-28(37(31,32)20-7-8-20)18-13-23(35-15-18)9-11-29(12-10-23)22(30)36-21(24(25,26)27)16-34-14-17-3-5-19(33-2)6-4-17/h3-6,18,20-21H,7-16H2,1-2H3/t18-,21+/m0/s1. The molecule has 2 heterocycles. The van der Waals surface area contributed by atoms with Crippen molar-refractivity contribution < 1.29 is 45.3 Å². The minimum Gasteiger partial charge on any atom is -0.497 e. The Bertz CT molecular complexity index is 1040. The highest BCUT2D eigenvalue weighted by molar-refractivity contribution is 7.90. The van der Waals surface area contributed by atoms with Gasteiger partial charge < -0.3 is 23.8 Å². The van der Waals surface area contributed by atoms with Gasteiger partial charge >= 0.3 is 12.3 Å². The molecule has 1 saturated carbocycles. The monoisotopic (exact) mass is 550 g/mol. The number of amides is 1. The summed E-state index contributed by atoms with van der Waals surface area (Å²) in [5.41, 5.74) is 0.0551. The molecule has 0 aromatic heterocycles. The summed E-state index contributed by atoms with van der Waals surface area (Å²) < 4.78 is 88.1. The molecule has 1 aliphatic carbocycles. The van der Waals surface area contributed by atoms with Crippen LogP contribution in [0.1, 0.15) is 37.7 Å². The highest BCUT2D eigenvalue weighted by atomic mass is 32.2. The average Bonchev–Trinajstić information content (AvgIpc) is 3.66. The molecule has 1 spiro atoms. The molecule has 1 aromatic rings. The Morgan fingerprint density at radius 1 is 1.22 bits per heavy atom. The minimum atomic E-state index is -4.79. The fraction of sp³-hybridized carbons (Fsp3) is 0.708. The number of likely N-dealkylation sites (N-methyl/N-ethyl adjacent to an activating group) is 1. The molecule has 1 aromatic carbocycles. The van der Waals surface area contributed by atoms with Crippen molar-refractivity contribution >= 4 is 16.1 Å². The van der Waals surface area contributed by atoms with Gasteiger partial charge in [0.25, 0.3) is 0 Å². The zero-order valence-corrected chi connectivity index (χ0v) is 21.7. The summed E-state index contributed by atoms with van der Waals surface area (Å²) in [5, 5.41) is -0.313. The molecule has 37 heavy (non-hydrogen) atoms. The van der Waals surface area contributed by atoms with E-state index in [9.17, 15) is 26.4 Å². The van der Waals surface area contributed by atoms with Gasteiger partial charge in [0.1, 0.15) is 5.75 Å². The van der Waals surface area contributed by atoms with Crippen LogP contribution in [0.25, 0.3) is 0 Å². The van der Waals surface area contributed by atoms with Crippen LogP contribution >= 0.6 is 0 Å². The Labute approximate surface area is 214 Å². The fourth-order valence-corrected chi connectivity index (χ4v) is 6.46. The molecule has 9 nitrogen and oxygen atoms in total. The number of ether oxygens (including phenoxy) is 4. The number of carbonyl (C=O) groups excluding carboxylic acids is 1. The predicted octanol–water partition coefficient (Wildman–Crippen LogP) is 3.33. The molecule has 0 unspecified atom stereocenters. The van der Waals surface area contributed by atoms with Crippen molar-refractivity contribution in [3.8, 4) is 5.75 Å². The first-order valence-electron chi connectivity index (χ1n) is 12.3. The maximum Gasteiger partial charge on any atom is 0.427 e. The van der Waals surface area contributed by atoms with Gasteiger partial charge in [-0.3, -0.25) is 0 Å². The number of likely N-dealkylation sites (tertiary alicyclic amines) is 1. The van der Waals surface area contributed by atoms with Crippen molar-refractivity contribution in [2.24, 2.45) is 0 Å². The Kier molecular flexibility index (Phi) is 8.27. The van der Waals surface area contributed by atoms with Crippen LogP contribution in [0, 0.1) is 0 Å². The van der Waals surface area contributed by atoms with Gasteiger partial charge in [-0.05, 0) is 49.8 Å². The topological polar surface area (TPSA) is 94.6 Å². The second kappa shape index (κ2) is 11.0. The zero-order valence-electron chi connectivity index (χ0n) is 20.9. The van der Waals surface area contributed by atoms with Crippen molar-refractivity contribution in [2.75, 3.05) is 40.5 Å². The Balaban J connectivity index is 1.26. The second-order valence-corrected chi connectivity index (χ2v) is 12.1. The van der Waals surface area contributed by atoms with Gasteiger partial charge in [-0.15, -0.1) is 0 Å². The lowest BCUT2D eigenvalue weighted by atomic mass is 9.87. The Morgan fingerprint density at radius 3 is 2.43 bits per heavy atom. The summed E-state index contributed by atoms with van der Waals surface area (Å²) in [4.78, 5) is 13.8. The number of piperidine rings is 1. The smallest absolute Gasteiger partial charge is 0.427 e. The van der Waals surface area contributed by atoms with E-state index in [1.54, 1.807) is 31.3 Å². The Morgan fingerprint density at radius 2 is 1.86 bits per heavy atom. The maximum absolute atomic E-state index is 13.5. The van der Waals surface area contributed by atoms with Crippen molar-refractivity contribution in [3.63, 3.8) is 0 Å². The van der Waals surface area contributed by atoms with E-state index in [0.717, 1.165) is 0 Å². The van der Waals surface area contributed by atoms with Crippen molar-refractivity contribution in [3.05, 3.63) is 29.8 Å². The van der Waals surface area contributed by atoms with E-state index in [1.807, 2.05) is 0 Å². The van der Waals surface area contributed by atoms with Crippen LogP contribution in [-0.4, -0.2) is 93.4 Å². The largest absolute Gasteiger partial charge is 0.497 e. The van der Waals surface area contributed by atoms with Crippen LogP contribution in [0.15, 0.2) is 24.3 Å². The van der Waals surface area contributed by atoms with Crippen molar-refractivity contribution in [1.29, 1.82) is 0 Å². The molecule has 2 atom stereocenters. The van der Waals surface area contributed by atoms with Crippen LogP contribution in [0.5, 0.6) is 5.75 Å². The van der Waals surface area contributed by atoms with Crippen molar-refractivity contribution in [1.82, 2.24) is 9.21 Å². The van der Waals surface area contributed by atoms with E-state index < -0.39 is 40.6 Å². The maximum atomic E-state index is 13.5. The normalized spacial score (nSPS) is 22.9. The number of rotatable bonds is 9. The van der Waals surface area contributed by atoms with Crippen LogP contribution in [0.3, 0.4) is 0 Å². The third kappa shape index (κ3) is 6.68. The summed E-state index contributed by atoms with van der Waals surface area (Å²) in [6.45, 7) is -0.339. The molecule has 4 rings (SSSR count). The van der Waals surface area contributed by atoms with Crippen LogP contribution in [0.4, 0.5) is 18.0 Å². The van der Waals surface area contributed by atoms with E-state index in [1.165, 1.54) is 16.3 Å². The molecule has 0 radical (unpaired) electrons.